The molecule has 5 nitrogen and oxygen atoms in total. The van der Waals surface area contributed by atoms with Gasteiger partial charge in [-0.15, -0.1) is 0 Å². The van der Waals surface area contributed by atoms with Crippen LogP contribution < -0.4 is 5.32 Å². The molecule has 0 saturated carbocycles. The summed E-state index contributed by atoms with van der Waals surface area (Å²) in [5.41, 5.74) is 1.68. The van der Waals surface area contributed by atoms with Crippen LogP contribution in [0.5, 0.6) is 0 Å². The maximum Gasteiger partial charge on any atom is 0.321 e. The van der Waals surface area contributed by atoms with E-state index in [1.165, 1.54) is 23.8 Å². The Balaban J connectivity index is 1.55. The molecule has 0 bridgehead atoms. The Morgan fingerprint density at radius 2 is 2.35 bits per heavy atom. The van der Waals surface area contributed by atoms with Crippen molar-refractivity contribution in [1.82, 2.24) is 14.7 Å². The van der Waals surface area contributed by atoms with Crippen molar-refractivity contribution in [2.75, 3.05) is 18.4 Å². The molecule has 1 atom stereocenters. The molecule has 122 valence electrons. The summed E-state index contributed by atoms with van der Waals surface area (Å²) in [5.74, 6) is -0.0656. The number of carbonyl (C=O) groups excluding carboxylic acids is 1. The number of hydrogen-bond acceptors (Lipinski definition) is 2. The second-order valence-corrected chi connectivity index (χ2v) is 6.29. The minimum Gasteiger partial charge on any atom is -0.324 e. The highest BCUT2D eigenvalue weighted by Gasteiger charge is 2.26. The molecule has 2 amide bonds. The number of hydrogen-bond donors (Lipinski definition) is 1. The number of aryl methyl sites for hydroxylation is 1. The zero-order valence-electron chi connectivity index (χ0n) is 12.8. The van der Waals surface area contributed by atoms with Crippen molar-refractivity contribution in [2.24, 2.45) is 13.0 Å². The number of halogens is 2. The van der Waals surface area contributed by atoms with E-state index in [0.717, 1.165) is 12.8 Å². The first-order valence-corrected chi connectivity index (χ1v) is 7.87. The molecule has 1 aliphatic rings. The third-order valence-corrected chi connectivity index (χ3v) is 4.32. The number of rotatable bonds is 3. The molecule has 23 heavy (non-hydrogen) atoms. The predicted molar refractivity (Wildman–Crippen MR) is 87.0 cm³/mol. The number of likely N-dealkylation sites (tertiary alicyclic amines) is 1. The van der Waals surface area contributed by atoms with E-state index in [2.05, 4.69) is 10.4 Å². The lowest BCUT2D eigenvalue weighted by atomic mass is 10.0. The van der Waals surface area contributed by atoms with Crippen LogP contribution in [0.4, 0.5) is 14.9 Å². The third kappa shape index (κ3) is 3.82. The van der Waals surface area contributed by atoms with Gasteiger partial charge in [0.25, 0.3) is 0 Å². The average molecular weight is 337 g/mol. The molecule has 2 aromatic rings. The third-order valence-electron chi connectivity index (χ3n) is 4.03. The maximum atomic E-state index is 13.1. The van der Waals surface area contributed by atoms with Gasteiger partial charge in [-0.2, -0.15) is 5.10 Å². The quantitative estimate of drug-likeness (QED) is 0.934. The highest BCUT2D eigenvalue weighted by atomic mass is 35.5. The first-order valence-electron chi connectivity index (χ1n) is 7.50. The normalized spacial score (nSPS) is 17.5. The Hall–Kier alpha value is -2.08. The number of nitrogens with one attached hydrogen (secondary N) is 1. The van der Waals surface area contributed by atoms with Crippen LogP contribution in [0.3, 0.4) is 0 Å². The van der Waals surface area contributed by atoms with Crippen LogP contribution >= 0.6 is 11.6 Å². The summed E-state index contributed by atoms with van der Waals surface area (Å²) in [5, 5.41) is 6.92. The zero-order chi connectivity index (χ0) is 16.4. The standard InChI is InChI=1S/C16H18ClFN4O/c1-21-9-12(8-19-21)6-11-4-5-22(10-11)16(23)20-13-2-3-15(18)14(17)7-13/h2-3,7-9,11H,4-6,10H2,1H3,(H,20,23). The summed E-state index contributed by atoms with van der Waals surface area (Å²) in [6, 6.07) is 3.98. The van der Waals surface area contributed by atoms with Gasteiger partial charge >= 0.3 is 6.03 Å². The molecule has 1 fully saturated rings. The molecule has 7 heteroatoms. The SMILES string of the molecule is Cn1cc(CC2CCN(C(=O)Nc3ccc(F)c(Cl)c3)C2)cn1. The molecule has 3 rings (SSSR count). The highest BCUT2D eigenvalue weighted by molar-refractivity contribution is 6.31. The topological polar surface area (TPSA) is 50.2 Å². The molecule has 1 aliphatic heterocycles. The van der Waals surface area contributed by atoms with Gasteiger partial charge in [0.2, 0.25) is 0 Å². The van der Waals surface area contributed by atoms with Gasteiger partial charge in [0.15, 0.2) is 0 Å². The predicted octanol–water partition coefficient (Wildman–Crippen LogP) is 3.31. The summed E-state index contributed by atoms with van der Waals surface area (Å²) in [6.45, 7) is 1.42. The molecule has 1 N–H and O–H groups in total. The molecule has 0 aliphatic carbocycles. The zero-order valence-corrected chi connectivity index (χ0v) is 13.6. The van der Waals surface area contributed by atoms with Crippen molar-refractivity contribution in [3.05, 3.63) is 47.0 Å². The second kappa shape index (κ2) is 6.58. The van der Waals surface area contributed by atoms with Gasteiger partial charge < -0.3 is 10.2 Å². The van der Waals surface area contributed by atoms with Gasteiger partial charge in [0.1, 0.15) is 5.82 Å². The lowest BCUT2D eigenvalue weighted by Crippen LogP contribution is -2.33. The van der Waals surface area contributed by atoms with Crippen molar-refractivity contribution in [3.63, 3.8) is 0 Å². The maximum absolute atomic E-state index is 13.1. The summed E-state index contributed by atoms with van der Waals surface area (Å²) in [6.07, 6.45) is 5.75. The number of carbonyl (C=O) groups is 1. The summed E-state index contributed by atoms with van der Waals surface area (Å²) < 4.78 is 14.9. The van der Waals surface area contributed by atoms with Crippen LogP contribution in [-0.2, 0) is 13.5 Å². The van der Waals surface area contributed by atoms with Gasteiger partial charge in [-0.1, -0.05) is 11.6 Å². The van der Waals surface area contributed by atoms with E-state index < -0.39 is 5.82 Å². The number of urea groups is 1. The highest BCUT2D eigenvalue weighted by Crippen LogP contribution is 2.23. The molecule has 1 aromatic carbocycles. The lowest BCUT2D eigenvalue weighted by Gasteiger charge is -2.17. The van der Waals surface area contributed by atoms with Crippen LogP contribution in [0.25, 0.3) is 0 Å². The first-order chi connectivity index (χ1) is 11.0. The molecule has 1 aromatic heterocycles. The van der Waals surface area contributed by atoms with E-state index >= 15 is 0 Å². The van der Waals surface area contributed by atoms with E-state index in [9.17, 15) is 9.18 Å². The molecule has 0 radical (unpaired) electrons. The van der Waals surface area contributed by atoms with Crippen molar-refractivity contribution in [3.8, 4) is 0 Å². The molecular weight excluding hydrogens is 319 g/mol. The van der Waals surface area contributed by atoms with Crippen LogP contribution in [0.1, 0.15) is 12.0 Å². The first kappa shape index (κ1) is 15.8. The van der Waals surface area contributed by atoms with Crippen LogP contribution in [0, 0.1) is 11.7 Å². The Morgan fingerprint density at radius 1 is 1.52 bits per heavy atom. The van der Waals surface area contributed by atoms with Crippen LogP contribution in [0.15, 0.2) is 30.6 Å². The minimum atomic E-state index is -0.498. The smallest absolute Gasteiger partial charge is 0.321 e. The van der Waals surface area contributed by atoms with E-state index in [1.54, 1.807) is 9.58 Å². The van der Waals surface area contributed by atoms with Crippen LogP contribution in [0.2, 0.25) is 5.02 Å². The van der Waals surface area contributed by atoms with E-state index in [0.29, 0.717) is 24.7 Å². The van der Waals surface area contributed by atoms with Gasteiger partial charge in [0.05, 0.1) is 11.2 Å². The summed E-state index contributed by atoms with van der Waals surface area (Å²) in [4.78, 5) is 14.1. The number of nitrogens with zero attached hydrogens (tertiary/aromatic N) is 3. The van der Waals surface area contributed by atoms with E-state index in [1.807, 2.05) is 19.4 Å². The average Bonchev–Trinajstić information content (AvgIpc) is 3.13. The Morgan fingerprint density at radius 3 is 3.04 bits per heavy atom. The van der Waals surface area contributed by atoms with Gasteiger partial charge in [-0.25, -0.2) is 9.18 Å². The fourth-order valence-electron chi connectivity index (χ4n) is 2.87. The monoisotopic (exact) mass is 336 g/mol. The van der Waals surface area contributed by atoms with Gasteiger partial charge in [0, 0.05) is 32.0 Å². The van der Waals surface area contributed by atoms with Crippen LogP contribution in [-0.4, -0.2) is 33.8 Å². The minimum absolute atomic E-state index is 0.00123. The molecular formula is C16H18ClFN4O. The van der Waals surface area contributed by atoms with Gasteiger partial charge in [-0.05, 0) is 42.5 Å². The second-order valence-electron chi connectivity index (χ2n) is 5.89. The number of aromatic nitrogens is 2. The van der Waals surface area contributed by atoms with Crippen molar-refractivity contribution in [1.29, 1.82) is 0 Å². The fourth-order valence-corrected chi connectivity index (χ4v) is 3.05. The largest absolute Gasteiger partial charge is 0.324 e. The molecule has 1 unspecified atom stereocenters. The number of amides is 2. The summed E-state index contributed by atoms with van der Waals surface area (Å²) in [7, 11) is 1.89. The van der Waals surface area contributed by atoms with E-state index in [4.69, 9.17) is 11.6 Å². The van der Waals surface area contributed by atoms with Crippen molar-refractivity contribution < 1.29 is 9.18 Å². The summed E-state index contributed by atoms with van der Waals surface area (Å²) >= 11 is 5.72. The van der Waals surface area contributed by atoms with Gasteiger partial charge in [-0.3, -0.25) is 4.68 Å². The number of anilines is 1. The molecule has 0 spiro atoms. The fraction of sp³-hybridized carbons (Fsp3) is 0.375. The van der Waals surface area contributed by atoms with Crippen molar-refractivity contribution in [2.45, 2.75) is 12.8 Å². The molecule has 1 saturated heterocycles. The Kier molecular flexibility index (Phi) is 4.52. The Labute approximate surface area is 139 Å². The molecule has 2 heterocycles. The van der Waals surface area contributed by atoms with Crippen molar-refractivity contribution >= 4 is 23.3 Å². The number of benzene rings is 1. The van der Waals surface area contributed by atoms with E-state index in [-0.39, 0.29) is 11.1 Å². The lowest BCUT2D eigenvalue weighted by molar-refractivity contribution is 0.221. The Bertz CT molecular complexity index is 718.